The molecule has 0 spiro atoms. The van der Waals surface area contributed by atoms with Gasteiger partial charge in [-0.3, -0.25) is 0 Å². The van der Waals surface area contributed by atoms with Crippen molar-refractivity contribution in [2.45, 2.75) is 65.5 Å². The van der Waals surface area contributed by atoms with Crippen molar-refractivity contribution in [1.82, 2.24) is 0 Å². The fourth-order valence-corrected chi connectivity index (χ4v) is 3.04. The van der Waals surface area contributed by atoms with Gasteiger partial charge in [0.25, 0.3) is 0 Å². The lowest BCUT2D eigenvalue weighted by atomic mass is 9.92. The van der Waals surface area contributed by atoms with Gasteiger partial charge in [-0.1, -0.05) is 0 Å². The SMILES string of the molecule is CC(C)[N+]1(C(C)(C)C)CCCCC1. The highest BCUT2D eigenvalue weighted by molar-refractivity contribution is 4.69. The third-order valence-corrected chi connectivity index (χ3v) is 3.94. The zero-order valence-electron chi connectivity index (χ0n) is 10.1. The third-order valence-electron chi connectivity index (χ3n) is 3.94. The second-order valence-electron chi connectivity index (χ2n) is 5.81. The van der Waals surface area contributed by atoms with Crippen molar-refractivity contribution in [2.24, 2.45) is 0 Å². The van der Waals surface area contributed by atoms with Crippen LogP contribution >= 0.6 is 0 Å². The molecular weight excluding hydrogens is 158 g/mol. The van der Waals surface area contributed by atoms with Crippen molar-refractivity contribution in [1.29, 1.82) is 0 Å². The number of nitrogens with zero attached hydrogens (tertiary/aromatic N) is 1. The summed E-state index contributed by atoms with van der Waals surface area (Å²) in [6.07, 6.45) is 4.30. The first-order valence-corrected chi connectivity index (χ1v) is 5.77. The van der Waals surface area contributed by atoms with Gasteiger partial charge in [0, 0.05) is 0 Å². The monoisotopic (exact) mass is 184 g/mol. The van der Waals surface area contributed by atoms with E-state index >= 15 is 0 Å². The van der Waals surface area contributed by atoms with Crippen molar-refractivity contribution in [2.75, 3.05) is 13.1 Å². The molecule has 0 radical (unpaired) electrons. The van der Waals surface area contributed by atoms with Crippen LogP contribution in [0.25, 0.3) is 0 Å². The van der Waals surface area contributed by atoms with E-state index in [2.05, 4.69) is 34.6 Å². The Hall–Kier alpha value is -0.0400. The number of rotatable bonds is 1. The number of piperidine rings is 1. The molecule has 0 aromatic heterocycles. The Kier molecular flexibility index (Phi) is 3.06. The second-order valence-corrected chi connectivity index (χ2v) is 5.81. The predicted octanol–water partition coefficient (Wildman–Crippen LogP) is 3.19. The number of hydrogen-bond donors (Lipinski definition) is 0. The predicted molar refractivity (Wildman–Crippen MR) is 58.7 cm³/mol. The Balaban J connectivity index is 2.86. The van der Waals surface area contributed by atoms with Gasteiger partial charge in [-0.2, -0.15) is 0 Å². The van der Waals surface area contributed by atoms with Crippen LogP contribution in [0, 0.1) is 0 Å². The van der Waals surface area contributed by atoms with E-state index in [0.29, 0.717) is 5.54 Å². The molecule has 1 aliphatic heterocycles. The average molecular weight is 184 g/mol. The minimum atomic E-state index is 0.425. The van der Waals surface area contributed by atoms with Gasteiger partial charge in [0.2, 0.25) is 0 Å². The van der Waals surface area contributed by atoms with Gasteiger partial charge in [0.1, 0.15) is 0 Å². The van der Waals surface area contributed by atoms with Crippen LogP contribution in [-0.4, -0.2) is 29.2 Å². The van der Waals surface area contributed by atoms with E-state index in [9.17, 15) is 0 Å². The molecule has 1 rings (SSSR count). The van der Waals surface area contributed by atoms with Crippen LogP contribution in [0.3, 0.4) is 0 Å². The van der Waals surface area contributed by atoms with Gasteiger partial charge in [-0.15, -0.1) is 0 Å². The summed E-state index contributed by atoms with van der Waals surface area (Å²) < 4.78 is 1.33. The molecular formula is C12H26N+. The van der Waals surface area contributed by atoms with Gasteiger partial charge in [-0.25, -0.2) is 0 Å². The zero-order valence-corrected chi connectivity index (χ0v) is 10.1. The van der Waals surface area contributed by atoms with Crippen molar-refractivity contribution >= 4 is 0 Å². The molecule has 0 saturated carbocycles. The Morgan fingerprint density at radius 2 is 1.38 bits per heavy atom. The lowest BCUT2D eigenvalue weighted by Crippen LogP contribution is -2.65. The van der Waals surface area contributed by atoms with E-state index in [1.165, 1.54) is 36.8 Å². The highest BCUT2D eigenvalue weighted by atomic mass is 15.4. The first-order valence-electron chi connectivity index (χ1n) is 5.77. The van der Waals surface area contributed by atoms with Gasteiger partial charge in [0.15, 0.2) is 0 Å². The van der Waals surface area contributed by atoms with E-state index in [1.54, 1.807) is 0 Å². The summed E-state index contributed by atoms with van der Waals surface area (Å²) in [5.41, 5.74) is 0.425. The molecule has 13 heavy (non-hydrogen) atoms. The highest BCUT2D eigenvalue weighted by Crippen LogP contribution is 2.33. The molecule has 1 nitrogen and oxygen atoms in total. The number of hydrogen-bond acceptors (Lipinski definition) is 0. The normalized spacial score (nSPS) is 23.5. The lowest BCUT2D eigenvalue weighted by Gasteiger charge is -2.54. The highest BCUT2D eigenvalue weighted by Gasteiger charge is 2.43. The fraction of sp³-hybridized carbons (Fsp3) is 1.00. The average Bonchev–Trinajstić information content (AvgIpc) is 2.03. The summed E-state index contributed by atoms with van der Waals surface area (Å²) in [5.74, 6) is 0. The molecule has 0 N–H and O–H groups in total. The maximum absolute atomic E-state index is 2.40. The molecule has 0 amide bonds. The third kappa shape index (κ3) is 1.90. The van der Waals surface area contributed by atoms with Crippen molar-refractivity contribution < 1.29 is 4.48 Å². The number of likely N-dealkylation sites (tertiary alicyclic amines) is 1. The van der Waals surface area contributed by atoms with Crippen molar-refractivity contribution in [3.63, 3.8) is 0 Å². The van der Waals surface area contributed by atoms with E-state index in [4.69, 9.17) is 0 Å². The quantitative estimate of drug-likeness (QED) is 0.549. The summed E-state index contributed by atoms with van der Waals surface area (Å²) in [5, 5.41) is 0. The summed E-state index contributed by atoms with van der Waals surface area (Å²) >= 11 is 0. The minimum absolute atomic E-state index is 0.425. The molecule has 1 heteroatoms. The Morgan fingerprint density at radius 3 is 1.62 bits per heavy atom. The van der Waals surface area contributed by atoms with Crippen LogP contribution in [0.5, 0.6) is 0 Å². The summed E-state index contributed by atoms with van der Waals surface area (Å²) in [7, 11) is 0. The smallest absolute Gasteiger partial charge is 0.0909 e. The summed E-state index contributed by atoms with van der Waals surface area (Å²) in [6.45, 7) is 14.8. The molecule has 0 bridgehead atoms. The largest absolute Gasteiger partial charge is 0.317 e. The van der Waals surface area contributed by atoms with Crippen LogP contribution in [0.2, 0.25) is 0 Å². The standard InChI is InChI=1S/C12H26N/c1-11(2)13(12(3,4)5)9-7-6-8-10-13/h11H,6-10H2,1-5H3/q+1. The van der Waals surface area contributed by atoms with Crippen molar-refractivity contribution in [3.05, 3.63) is 0 Å². The molecule has 1 fully saturated rings. The fourth-order valence-electron chi connectivity index (χ4n) is 3.04. The van der Waals surface area contributed by atoms with Gasteiger partial charge >= 0.3 is 0 Å². The molecule has 1 aliphatic rings. The van der Waals surface area contributed by atoms with Crippen LogP contribution < -0.4 is 0 Å². The van der Waals surface area contributed by atoms with Gasteiger partial charge < -0.3 is 4.48 Å². The molecule has 0 aromatic carbocycles. The molecule has 0 atom stereocenters. The lowest BCUT2D eigenvalue weighted by molar-refractivity contribution is -0.992. The Labute approximate surface area is 83.7 Å². The minimum Gasteiger partial charge on any atom is -0.317 e. The van der Waals surface area contributed by atoms with Crippen LogP contribution in [0.4, 0.5) is 0 Å². The second kappa shape index (κ2) is 3.61. The first kappa shape index (κ1) is 11.0. The first-order chi connectivity index (χ1) is 5.90. The number of quaternary nitrogens is 1. The van der Waals surface area contributed by atoms with E-state index in [0.717, 1.165) is 6.04 Å². The molecule has 1 saturated heterocycles. The molecule has 0 unspecified atom stereocenters. The maximum atomic E-state index is 2.40. The molecule has 0 aromatic rings. The Bertz CT molecular complexity index is 158. The molecule has 0 aliphatic carbocycles. The van der Waals surface area contributed by atoms with E-state index < -0.39 is 0 Å². The summed E-state index contributed by atoms with van der Waals surface area (Å²) in [4.78, 5) is 0. The van der Waals surface area contributed by atoms with Crippen LogP contribution in [0.15, 0.2) is 0 Å². The Morgan fingerprint density at radius 1 is 0.923 bits per heavy atom. The topological polar surface area (TPSA) is 0 Å². The van der Waals surface area contributed by atoms with Gasteiger partial charge in [0.05, 0.1) is 24.7 Å². The van der Waals surface area contributed by atoms with E-state index in [-0.39, 0.29) is 0 Å². The molecule has 1 heterocycles. The van der Waals surface area contributed by atoms with E-state index in [1.807, 2.05) is 0 Å². The van der Waals surface area contributed by atoms with Crippen LogP contribution in [0.1, 0.15) is 53.9 Å². The molecule has 78 valence electrons. The zero-order chi connectivity index (χ0) is 10.1. The van der Waals surface area contributed by atoms with Gasteiger partial charge in [-0.05, 0) is 53.9 Å². The van der Waals surface area contributed by atoms with Crippen LogP contribution in [-0.2, 0) is 0 Å². The maximum Gasteiger partial charge on any atom is 0.0909 e. The summed E-state index contributed by atoms with van der Waals surface area (Å²) in [6, 6.07) is 0.778. The van der Waals surface area contributed by atoms with Crippen molar-refractivity contribution in [3.8, 4) is 0 Å².